The highest BCUT2D eigenvalue weighted by atomic mass is 16.4. The topological polar surface area (TPSA) is 47.2 Å². The molecule has 0 aliphatic heterocycles. The lowest BCUT2D eigenvalue weighted by Crippen LogP contribution is -2.19. The highest BCUT2D eigenvalue weighted by Gasteiger charge is 2.39. The lowest BCUT2D eigenvalue weighted by molar-refractivity contribution is 0.495. The van der Waals surface area contributed by atoms with Crippen molar-refractivity contribution < 1.29 is 4.42 Å². The lowest BCUT2D eigenvalue weighted by atomic mass is 10.0. The normalized spacial score (nSPS) is 23.1. The van der Waals surface area contributed by atoms with E-state index in [1.54, 1.807) is 4.57 Å². The summed E-state index contributed by atoms with van der Waals surface area (Å²) in [7, 11) is 2.00. The van der Waals surface area contributed by atoms with Gasteiger partial charge in [-0.2, -0.15) is 0 Å². The van der Waals surface area contributed by atoms with Gasteiger partial charge in [0.15, 0.2) is 5.58 Å². The first kappa shape index (κ1) is 13.4. The summed E-state index contributed by atoms with van der Waals surface area (Å²) in [5.74, 6) is 1.22. The van der Waals surface area contributed by atoms with Gasteiger partial charge in [-0.15, -0.1) is 0 Å². The SMILES string of the molecule is CCCn1c(=O)oc2cc(C(NC)C3CC3C)ccc21. The Morgan fingerprint density at radius 1 is 1.50 bits per heavy atom. The van der Waals surface area contributed by atoms with E-state index >= 15 is 0 Å². The monoisotopic (exact) mass is 274 g/mol. The zero-order valence-corrected chi connectivity index (χ0v) is 12.3. The van der Waals surface area contributed by atoms with Crippen LogP contribution in [0.2, 0.25) is 0 Å². The van der Waals surface area contributed by atoms with Crippen LogP contribution in [0.25, 0.3) is 11.1 Å². The number of fused-ring (bicyclic) bond motifs is 1. The van der Waals surface area contributed by atoms with E-state index < -0.39 is 0 Å². The molecule has 2 aromatic rings. The van der Waals surface area contributed by atoms with Crippen molar-refractivity contribution in [2.75, 3.05) is 7.05 Å². The first-order valence-electron chi connectivity index (χ1n) is 7.46. The molecule has 108 valence electrons. The summed E-state index contributed by atoms with van der Waals surface area (Å²) in [6, 6.07) is 6.52. The van der Waals surface area contributed by atoms with Crippen LogP contribution in [0.1, 0.15) is 38.3 Å². The summed E-state index contributed by atoms with van der Waals surface area (Å²) < 4.78 is 7.11. The van der Waals surface area contributed by atoms with Crippen molar-refractivity contribution in [2.45, 2.75) is 39.3 Å². The summed E-state index contributed by atoms with van der Waals surface area (Å²) in [6.07, 6.45) is 2.19. The summed E-state index contributed by atoms with van der Waals surface area (Å²) in [5, 5.41) is 3.40. The van der Waals surface area contributed by atoms with Crippen LogP contribution in [-0.2, 0) is 6.54 Å². The Hall–Kier alpha value is -1.55. The van der Waals surface area contributed by atoms with Gasteiger partial charge < -0.3 is 9.73 Å². The second-order valence-corrected chi connectivity index (χ2v) is 5.89. The Balaban J connectivity index is 2.00. The third-order valence-electron chi connectivity index (χ3n) is 4.41. The lowest BCUT2D eigenvalue weighted by Gasteiger charge is -2.16. The quantitative estimate of drug-likeness (QED) is 0.912. The number of nitrogens with one attached hydrogen (secondary N) is 1. The molecular weight excluding hydrogens is 252 g/mol. The van der Waals surface area contributed by atoms with Gasteiger partial charge in [-0.3, -0.25) is 4.57 Å². The van der Waals surface area contributed by atoms with Crippen LogP contribution in [0.4, 0.5) is 0 Å². The second kappa shape index (κ2) is 5.09. The molecule has 3 unspecified atom stereocenters. The molecule has 1 heterocycles. The highest BCUT2D eigenvalue weighted by molar-refractivity contribution is 5.74. The van der Waals surface area contributed by atoms with Crippen LogP contribution in [0.3, 0.4) is 0 Å². The van der Waals surface area contributed by atoms with Crippen LogP contribution in [0, 0.1) is 11.8 Å². The molecule has 1 aliphatic rings. The molecule has 0 spiro atoms. The fraction of sp³-hybridized carbons (Fsp3) is 0.562. The van der Waals surface area contributed by atoms with Gasteiger partial charge in [0.1, 0.15) is 0 Å². The Bertz CT molecular complexity index is 671. The average molecular weight is 274 g/mol. The van der Waals surface area contributed by atoms with Crippen molar-refractivity contribution in [1.82, 2.24) is 9.88 Å². The largest absolute Gasteiger partial charge is 0.419 e. The molecule has 1 saturated carbocycles. The van der Waals surface area contributed by atoms with Crippen LogP contribution in [0.15, 0.2) is 27.4 Å². The average Bonchev–Trinajstić information content (AvgIpc) is 3.05. The molecule has 1 aromatic carbocycles. The molecule has 0 saturated heterocycles. The summed E-state index contributed by atoms with van der Waals surface area (Å²) in [4.78, 5) is 11.9. The Labute approximate surface area is 118 Å². The Kier molecular flexibility index (Phi) is 3.42. The van der Waals surface area contributed by atoms with Crippen LogP contribution in [0.5, 0.6) is 0 Å². The number of nitrogens with zero attached hydrogens (tertiary/aromatic N) is 1. The molecule has 0 bridgehead atoms. The van der Waals surface area contributed by atoms with E-state index in [4.69, 9.17) is 4.42 Å². The van der Waals surface area contributed by atoms with Gasteiger partial charge in [-0.25, -0.2) is 4.79 Å². The zero-order chi connectivity index (χ0) is 14.3. The number of aryl methyl sites for hydroxylation is 1. The number of oxazole rings is 1. The highest BCUT2D eigenvalue weighted by Crippen LogP contribution is 2.47. The number of rotatable bonds is 5. The van der Waals surface area contributed by atoms with Crippen molar-refractivity contribution in [3.8, 4) is 0 Å². The minimum atomic E-state index is -0.250. The molecule has 1 fully saturated rings. The minimum absolute atomic E-state index is 0.250. The van der Waals surface area contributed by atoms with E-state index in [-0.39, 0.29) is 5.76 Å². The minimum Gasteiger partial charge on any atom is -0.408 e. The number of aromatic nitrogens is 1. The Morgan fingerprint density at radius 3 is 2.85 bits per heavy atom. The molecule has 3 atom stereocenters. The zero-order valence-electron chi connectivity index (χ0n) is 12.3. The molecule has 0 radical (unpaired) electrons. The van der Waals surface area contributed by atoms with Crippen molar-refractivity contribution >= 4 is 11.1 Å². The molecule has 1 N–H and O–H groups in total. The van der Waals surface area contributed by atoms with E-state index in [9.17, 15) is 4.79 Å². The predicted octanol–water partition coefficient (Wildman–Crippen LogP) is 2.92. The van der Waals surface area contributed by atoms with E-state index in [1.165, 1.54) is 12.0 Å². The molecule has 20 heavy (non-hydrogen) atoms. The summed E-state index contributed by atoms with van der Waals surface area (Å²) in [5.41, 5.74) is 2.82. The van der Waals surface area contributed by atoms with Crippen LogP contribution >= 0.6 is 0 Å². The molecule has 1 aromatic heterocycles. The molecule has 4 heteroatoms. The molecule has 4 nitrogen and oxygen atoms in total. The van der Waals surface area contributed by atoms with Crippen LogP contribution < -0.4 is 11.1 Å². The molecular formula is C16H22N2O2. The fourth-order valence-corrected chi connectivity index (χ4v) is 3.16. The van der Waals surface area contributed by atoms with Gasteiger partial charge in [0.2, 0.25) is 0 Å². The molecule has 0 amide bonds. The predicted molar refractivity (Wildman–Crippen MR) is 79.8 cm³/mol. The smallest absolute Gasteiger partial charge is 0.408 e. The third-order valence-corrected chi connectivity index (χ3v) is 4.41. The first-order valence-corrected chi connectivity index (χ1v) is 7.46. The van der Waals surface area contributed by atoms with E-state index in [1.807, 2.05) is 19.2 Å². The second-order valence-electron chi connectivity index (χ2n) is 5.89. The van der Waals surface area contributed by atoms with Gasteiger partial charge in [-0.1, -0.05) is 19.9 Å². The number of benzene rings is 1. The Morgan fingerprint density at radius 2 is 2.25 bits per heavy atom. The van der Waals surface area contributed by atoms with E-state index in [0.717, 1.165) is 17.9 Å². The van der Waals surface area contributed by atoms with E-state index in [2.05, 4.69) is 25.2 Å². The summed E-state index contributed by atoms with van der Waals surface area (Å²) >= 11 is 0. The first-order chi connectivity index (χ1) is 9.65. The van der Waals surface area contributed by atoms with Gasteiger partial charge >= 0.3 is 5.76 Å². The number of hydrogen-bond donors (Lipinski definition) is 1. The maximum atomic E-state index is 11.9. The van der Waals surface area contributed by atoms with E-state index in [0.29, 0.717) is 24.1 Å². The van der Waals surface area contributed by atoms with Gasteiger partial charge in [0.05, 0.1) is 5.52 Å². The fourth-order valence-electron chi connectivity index (χ4n) is 3.16. The van der Waals surface area contributed by atoms with Crippen molar-refractivity contribution in [1.29, 1.82) is 0 Å². The standard InChI is InChI=1S/C16H22N2O2/c1-4-7-18-13-6-5-11(9-14(13)20-16(18)19)15(17-3)12-8-10(12)2/h5-6,9-10,12,15,17H,4,7-8H2,1-3H3. The molecule has 3 rings (SSSR count). The van der Waals surface area contributed by atoms with Crippen molar-refractivity contribution in [2.24, 2.45) is 11.8 Å². The third kappa shape index (κ3) is 2.18. The van der Waals surface area contributed by atoms with Gasteiger partial charge in [0, 0.05) is 12.6 Å². The summed E-state index contributed by atoms with van der Waals surface area (Å²) in [6.45, 7) is 5.05. The van der Waals surface area contributed by atoms with Gasteiger partial charge in [-0.05, 0) is 49.4 Å². The number of hydrogen-bond acceptors (Lipinski definition) is 3. The van der Waals surface area contributed by atoms with Crippen molar-refractivity contribution in [3.63, 3.8) is 0 Å². The molecule has 1 aliphatic carbocycles. The van der Waals surface area contributed by atoms with Crippen LogP contribution in [-0.4, -0.2) is 11.6 Å². The van der Waals surface area contributed by atoms with Gasteiger partial charge in [0.25, 0.3) is 0 Å². The maximum Gasteiger partial charge on any atom is 0.419 e. The maximum absolute atomic E-state index is 11.9. The van der Waals surface area contributed by atoms with Crippen molar-refractivity contribution in [3.05, 3.63) is 34.3 Å².